The van der Waals surface area contributed by atoms with E-state index in [1.807, 2.05) is 26.8 Å². The van der Waals surface area contributed by atoms with Crippen molar-refractivity contribution in [3.05, 3.63) is 28.8 Å². The first kappa shape index (κ1) is 16.8. The summed E-state index contributed by atoms with van der Waals surface area (Å²) in [6.07, 6.45) is 0. The number of carbonyl (C=O) groups is 1. The Balaban J connectivity index is 2.02. The maximum Gasteiger partial charge on any atom is 0.241 e. The Labute approximate surface area is 135 Å². The van der Waals surface area contributed by atoms with Crippen LogP contribution in [-0.2, 0) is 9.53 Å². The highest BCUT2D eigenvalue weighted by atomic mass is 35.5. The van der Waals surface area contributed by atoms with Gasteiger partial charge in [-0.15, -0.1) is 0 Å². The molecule has 5 nitrogen and oxygen atoms in total. The number of ether oxygens (including phenoxy) is 1. The molecule has 1 atom stereocenters. The maximum atomic E-state index is 12.4. The minimum atomic E-state index is -0.266. The van der Waals surface area contributed by atoms with Crippen LogP contribution in [0.5, 0.6) is 0 Å². The summed E-state index contributed by atoms with van der Waals surface area (Å²) >= 11 is 5.98. The number of halogens is 1. The molecule has 2 rings (SSSR count). The van der Waals surface area contributed by atoms with Crippen molar-refractivity contribution >= 4 is 23.2 Å². The minimum Gasteiger partial charge on any atom is -0.373 e. The van der Waals surface area contributed by atoms with Gasteiger partial charge in [0.15, 0.2) is 0 Å². The summed E-state index contributed by atoms with van der Waals surface area (Å²) in [5.41, 5.74) is 0.737. The van der Waals surface area contributed by atoms with Crippen LogP contribution in [0.2, 0.25) is 5.02 Å². The van der Waals surface area contributed by atoms with E-state index in [2.05, 4.69) is 10.2 Å². The Morgan fingerprint density at radius 1 is 1.55 bits per heavy atom. The van der Waals surface area contributed by atoms with Crippen molar-refractivity contribution in [1.82, 2.24) is 4.90 Å². The van der Waals surface area contributed by atoms with E-state index in [0.717, 1.165) is 6.54 Å². The predicted molar refractivity (Wildman–Crippen MR) is 85.9 cm³/mol. The summed E-state index contributed by atoms with van der Waals surface area (Å²) in [6, 6.07) is 6.59. The number of carbonyl (C=O) groups excluding carboxylic acids is 1. The zero-order valence-corrected chi connectivity index (χ0v) is 13.8. The molecule has 1 N–H and O–H groups in total. The van der Waals surface area contributed by atoms with Crippen LogP contribution in [0, 0.1) is 11.3 Å². The molecule has 1 fully saturated rings. The standard InChI is InChI=1S/C16H20ClN3O2/c1-11(20-6-7-22-16(2,3)10-20)15(21)19-13-5-4-12(9-18)14(17)8-13/h4-5,8,11H,6-7,10H2,1-3H3,(H,19,21). The third-order valence-corrected chi connectivity index (χ3v) is 4.05. The van der Waals surface area contributed by atoms with Crippen molar-refractivity contribution in [2.45, 2.75) is 32.4 Å². The molecule has 1 saturated heterocycles. The smallest absolute Gasteiger partial charge is 0.241 e. The maximum absolute atomic E-state index is 12.4. The highest BCUT2D eigenvalue weighted by Gasteiger charge is 2.32. The van der Waals surface area contributed by atoms with E-state index < -0.39 is 0 Å². The third kappa shape index (κ3) is 3.98. The van der Waals surface area contributed by atoms with Gasteiger partial charge in [0.1, 0.15) is 6.07 Å². The molecule has 118 valence electrons. The van der Waals surface area contributed by atoms with Gasteiger partial charge in [0.2, 0.25) is 5.91 Å². The van der Waals surface area contributed by atoms with Crippen molar-refractivity contribution < 1.29 is 9.53 Å². The summed E-state index contributed by atoms with van der Waals surface area (Å²) in [7, 11) is 0. The number of hydrogen-bond acceptors (Lipinski definition) is 4. The summed E-state index contributed by atoms with van der Waals surface area (Å²) < 4.78 is 5.66. The number of hydrogen-bond donors (Lipinski definition) is 1. The lowest BCUT2D eigenvalue weighted by atomic mass is 10.1. The van der Waals surface area contributed by atoms with E-state index in [1.54, 1.807) is 18.2 Å². The van der Waals surface area contributed by atoms with Crippen LogP contribution >= 0.6 is 11.6 Å². The highest BCUT2D eigenvalue weighted by molar-refractivity contribution is 6.32. The topological polar surface area (TPSA) is 65.4 Å². The lowest BCUT2D eigenvalue weighted by Gasteiger charge is -2.40. The molecule has 0 aromatic heterocycles. The van der Waals surface area contributed by atoms with Gasteiger partial charge < -0.3 is 10.1 Å². The zero-order chi connectivity index (χ0) is 16.3. The van der Waals surface area contributed by atoms with Gasteiger partial charge in [-0.1, -0.05) is 11.6 Å². The number of anilines is 1. The Bertz CT molecular complexity index is 610. The van der Waals surface area contributed by atoms with E-state index in [0.29, 0.717) is 29.4 Å². The Morgan fingerprint density at radius 2 is 2.27 bits per heavy atom. The monoisotopic (exact) mass is 321 g/mol. The second kappa shape index (κ2) is 6.66. The fourth-order valence-corrected chi connectivity index (χ4v) is 2.70. The predicted octanol–water partition coefficient (Wildman–Crippen LogP) is 2.65. The van der Waals surface area contributed by atoms with Crippen molar-refractivity contribution in [2.75, 3.05) is 25.0 Å². The van der Waals surface area contributed by atoms with Crippen molar-refractivity contribution in [1.29, 1.82) is 5.26 Å². The minimum absolute atomic E-state index is 0.0986. The molecule has 1 aliphatic rings. The molecule has 6 heteroatoms. The van der Waals surface area contributed by atoms with Crippen LogP contribution in [0.3, 0.4) is 0 Å². The fraction of sp³-hybridized carbons (Fsp3) is 0.500. The number of nitrogens with zero attached hydrogens (tertiary/aromatic N) is 2. The molecule has 22 heavy (non-hydrogen) atoms. The summed E-state index contributed by atoms with van der Waals surface area (Å²) in [5, 5.41) is 12.0. The third-order valence-electron chi connectivity index (χ3n) is 3.74. The summed E-state index contributed by atoms with van der Waals surface area (Å²) in [5.74, 6) is -0.0986. The normalized spacial score (nSPS) is 19.2. The first-order chi connectivity index (χ1) is 10.3. The Morgan fingerprint density at radius 3 is 2.86 bits per heavy atom. The number of morpholine rings is 1. The summed E-state index contributed by atoms with van der Waals surface area (Å²) in [4.78, 5) is 14.5. The largest absolute Gasteiger partial charge is 0.373 e. The van der Waals surface area contributed by atoms with Gasteiger partial charge in [-0.25, -0.2) is 0 Å². The fourth-order valence-electron chi connectivity index (χ4n) is 2.48. The average Bonchev–Trinajstić information content (AvgIpc) is 2.45. The Hall–Kier alpha value is -1.61. The molecule has 1 heterocycles. The van der Waals surface area contributed by atoms with E-state index in [1.165, 1.54) is 0 Å². The van der Waals surface area contributed by atoms with Crippen LogP contribution in [0.15, 0.2) is 18.2 Å². The number of amides is 1. The molecule has 1 unspecified atom stereocenters. The Kier molecular flexibility index (Phi) is 5.07. The van der Waals surface area contributed by atoms with Crippen LogP contribution in [0.25, 0.3) is 0 Å². The zero-order valence-electron chi connectivity index (χ0n) is 13.0. The lowest BCUT2D eigenvalue weighted by molar-refractivity contribution is -0.129. The lowest BCUT2D eigenvalue weighted by Crippen LogP contribution is -2.54. The quantitative estimate of drug-likeness (QED) is 0.929. The van der Waals surface area contributed by atoms with Gasteiger partial charge in [-0.3, -0.25) is 9.69 Å². The number of nitrogens with one attached hydrogen (secondary N) is 1. The molecular formula is C16H20ClN3O2. The van der Waals surface area contributed by atoms with E-state index in [-0.39, 0.29) is 17.6 Å². The molecule has 1 aromatic carbocycles. The second-order valence-electron chi connectivity index (χ2n) is 6.05. The molecule has 0 spiro atoms. The number of benzene rings is 1. The molecule has 0 bridgehead atoms. The van der Waals surface area contributed by atoms with Crippen LogP contribution in [-0.4, -0.2) is 42.1 Å². The van der Waals surface area contributed by atoms with Gasteiger partial charge >= 0.3 is 0 Å². The molecule has 1 aliphatic heterocycles. The molecule has 1 amide bonds. The first-order valence-electron chi connectivity index (χ1n) is 7.21. The highest BCUT2D eigenvalue weighted by Crippen LogP contribution is 2.22. The van der Waals surface area contributed by atoms with Gasteiger partial charge in [-0.2, -0.15) is 5.26 Å². The SMILES string of the molecule is CC(C(=O)Nc1ccc(C#N)c(Cl)c1)N1CCOC(C)(C)C1. The number of nitriles is 1. The molecule has 0 aliphatic carbocycles. The van der Waals surface area contributed by atoms with Crippen LogP contribution < -0.4 is 5.32 Å². The van der Waals surface area contributed by atoms with Crippen molar-refractivity contribution in [3.8, 4) is 6.07 Å². The second-order valence-corrected chi connectivity index (χ2v) is 6.46. The van der Waals surface area contributed by atoms with Crippen molar-refractivity contribution in [3.63, 3.8) is 0 Å². The van der Waals surface area contributed by atoms with Crippen LogP contribution in [0.4, 0.5) is 5.69 Å². The van der Waals surface area contributed by atoms with E-state index in [4.69, 9.17) is 21.6 Å². The molecule has 1 aromatic rings. The number of rotatable bonds is 3. The molecular weight excluding hydrogens is 302 g/mol. The average molecular weight is 322 g/mol. The molecule has 0 radical (unpaired) electrons. The van der Waals surface area contributed by atoms with E-state index >= 15 is 0 Å². The van der Waals surface area contributed by atoms with Crippen molar-refractivity contribution in [2.24, 2.45) is 0 Å². The van der Waals surface area contributed by atoms with Gasteiger partial charge in [-0.05, 0) is 39.0 Å². The molecule has 0 saturated carbocycles. The summed E-state index contributed by atoms with van der Waals surface area (Å²) in [6.45, 7) is 7.96. The first-order valence-corrected chi connectivity index (χ1v) is 7.59. The van der Waals surface area contributed by atoms with Gasteiger partial charge in [0.05, 0.1) is 28.8 Å². The van der Waals surface area contributed by atoms with E-state index in [9.17, 15) is 4.79 Å². The van der Waals surface area contributed by atoms with Gasteiger partial charge in [0.25, 0.3) is 0 Å². The van der Waals surface area contributed by atoms with Crippen LogP contribution in [0.1, 0.15) is 26.3 Å². The van der Waals surface area contributed by atoms with Gasteiger partial charge in [0, 0.05) is 18.8 Å².